The molecule has 0 radical (unpaired) electrons. The second-order valence-electron chi connectivity index (χ2n) is 9.92. The number of imidazole rings is 1. The number of nitrogens with zero attached hydrogens (tertiary/aromatic N) is 3. The molecule has 0 aliphatic carbocycles. The van der Waals surface area contributed by atoms with Gasteiger partial charge in [0.2, 0.25) is 11.9 Å². The van der Waals surface area contributed by atoms with Crippen LogP contribution in [0.4, 0.5) is 10.3 Å². The van der Waals surface area contributed by atoms with Crippen molar-refractivity contribution >= 4 is 22.9 Å². The van der Waals surface area contributed by atoms with Gasteiger partial charge in [0.05, 0.1) is 24.0 Å². The van der Waals surface area contributed by atoms with E-state index in [1.807, 2.05) is 42.5 Å². The van der Waals surface area contributed by atoms with Crippen LogP contribution in [0.5, 0.6) is 0 Å². The van der Waals surface area contributed by atoms with Crippen LogP contribution in [-0.4, -0.2) is 46.5 Å². The van der Waals surface area contributed by atoms with Gasteiger partial charge >= 0.3 is 0 Å². The van der Waals surface area contributed by atoms with Gasteiger partial charge in [0.1, 0.15) is 5.82 Å². The van der Waals surface area contributed by atoms with E-state index in [0.29, 0.717) is 18.9 Å². The highest BCUT2D eigenvalue weighted by molar-refractivity contribution is 5.78. The predicted octanol–water partition coefficient (Wildman–Crippen LogP) is 4.93. The van der Waals surface area contributed by atoms with Crippen molar-refractivity contribution in [2.45, 2.75) is 38.1 Å². The molecule has 3 aromatic carbocycles. The van der Waals surface area contributed by atoms with Crippen LogP contribution in [0, 0.1) is 5.82 Å². The lowest BCUT2D eigenvalue weighted by molar-refractivity contribution is -0.117. The molecule has 1 amide bonds. The van der Waals surface area contributed by atoms with E-state index < -0.39 is 0 Å². The second kappa shape index (κ2) is 11.6. The number of carbonyl (C=O) groups excluding carboxylic acids is 1. The number of hydrogen-bond donors (Lipinski definition) is 2. The Morgan fingerprint density at radius 3 is 2.57 bits per heavy atom. The van der Waals surface area contributed by atoms with Crippen LogP contribution in [-0.2, 0) is 17.8 Å². The van der Waals surface area contributed by atoms with Crippen molar-refractivity contribution in [2.75, 3.05) is 31.5 Å². The highest BCUT2D eigenvalue weighted by atomic mass is 19.1. The van der Waals surface area contributed by atoms with Crippen molar-refractivity contribution in [1.29, 1.82) is 0 Å². The lowest BCUT2D eigenvalue weighted by Crippen LogP contribution is -2.34. The average molecular weight is 500 g/mol. The number of amides is 1. The molecular weight excluding hydrogens is 465 g/mol. The zero-order valence-electron chi connectivity index (χ0n) is 21.1. The number of nitrogens with one attached hydrogen (secondary N) is 1. The molecule has 192 valence electrons. The number of aromatic nitrogens is 2. The van der Waals surface area contributed by atoms with Gasteiger partial charge in [0.15, 0.2) is 0 Å². The number of halogens is 1. The van der Waals surface area contributed by atoms with Crippen molar-refractivity contribution in [1.82, 2.24) is 14.5 Å². The third-order valence-corrected chi connectivity index (χ3v) is 7.23. The summed E-state index contributed by atoms with van der Waals surface area (Å²) in [6.45, 7) is 4.67. The van der Waals surface area contributed by atoms with Gasteiger partial charge in [-0.25, -0.2) is 9.37 Å². The Morgan fingerprint density at radius 1 is 1.00 bits per heavy atom. The van der Waals surface area contributed by atoms with Crippen molar-refractivity contribution in [3.63, 3.8) is 0 Å². The highest BCUT2D eigenvalue weighted by Gasteiger charge is 2.20. The van der Waals surface area contributed by atoms with Gasteiger partial charge in [-0.2, -0.15) is 0 Å². The molecule has 0 bridgehead atoms. The van der Waals surface area contributed by atoms with Crippen LogP contribution in [0.15, 0.2) is 72.8 Å². The fraction of sp³-hybridized carbons (Fsp3) is 0.333. The van der Waals surface area contributed by atoms with Crippen LogP contribution in [0.3, 0.4) is 0 Å². The lowest BCUT2D eigenvalue weighted by Gasteiger charge is -2.32. The number of likely N-dealkylation sites (tertiary alicyclic amines) is 1. The summed E-state index contributed by atoms with van der Waals surface area (Å²) in [6.07, 6.45) is 3.58. The van der Waals surface area contributed by atoms with Crippen molar-refractivity contribution < 1.29 is 9.18 Å². The number of rotatable bonds is 10. The molecule has 3 N–H and O–H groups in total. The Labute approximate surface area is 217 Å². The monoisotopic (exact) mass is 499 g/mol. The molecule has 1 fully saturated rings. The molecule has 7 heteroatoms. The van der Waals surface area contributed by atoms with Crippen molar-refractivity contribution in [2.24, 2.45) is 5.73 Å². The topological polar surface area (TPSA) is 76.2 Å². The summed E-state index contributed by atoms with van der Waals surface area (Å²) in [5, 5.41) is 3.54. The number of carbonyl (C=O) groups is 1. The van der Waals surface area contributed by atoms with Crippen LogP contribution in [0.1, 0.15) is 41.9 Å². The van der Waals surface area contributed by atoms with Crippen molar-refractivity contribution in [3.05, 3.63) is 95.3 Å². The van der Waals surface area contributed by atoms with Gasteiger partial charge in [-0.1, -0.05) is 48.5 Å². The molecule has 0 spiro atoms. The van der Waals surface area contributed by atoms with Crippen LogP contribution in [0.2, 0.25) is 0 Å². The number of para-hydroxylation sites is 2. The first-order chi connectivity index (χ1) is 18.0. The van der Waals surface area contributed by atoms with Gasteiger partial charge in [0, 0.05) is 6.54 Å². The Morgan fingerprint density at radius 2 is 1.78 bits per heavy atom. The first-order valence-electron chi connectivity index (χ1n) is 13.1. The number of hydrogen-bond acceptors (Lipinski definition) is 4. The summed E-state index contributed by atoms with van der Waals surface area (Å²) < 4.78 is 15.5. The second-order valence-corrected chi connectivity index (χ2v) is 9.92. The Balaban J connectivity index is 1.13. The minimum absolute atomic E-state index is 0.224. The van der Waals surface area contributed by atoms with Gasteiger partial charge in [-0.3, -0.25) is 4.79 Å². The Bertz CT molecular complexity index is 1340. The summed E-state index contributed by atoms with van der Waals surface area (Å²) in [5.74, 6) is 0.874. The van der Waals surface area contributed by atoms with Gasteiger partial charge in [0.25, 0.3) is 0 Å². The molecule has 1 aromatic heterocycles. The molecular formula is C30H34FN5O. The van der Waals surface area contributed by atoms with E-state index in [4.69, 9.17) is 10.7 Å². The fourth-order valence-corrected chi connectivity index (χ4v) is 5.29. The first-order valence-corrected chi connectivity index (χ1v) is 13.1. The quantitative estimate of drug-likeness (QED) is 0.303. The summed E-state index contributed by atoms with van der Waals surface area (Å²) in [4.78, 5) is 18.6. The van der Waals surface area contributed by atoms with E-state index in [1.54, 1.807) is 0 Å². The molecule has 6 nitrogen and oxygen atoms in total. The minimum Gasteiger partial charge on any atom is -0.369 e. The standard InChI is InChI=1S/C30H34FN5O/c31-26-11-9-22(10-12-26)21-36-28-8-2-1-7-27(28)34-30(36)33-15-4-16-35-17-13-24(14-18-35)25-6-3-5-23(19-25)20-29(32)37/h1-3,5-12,19,24H,4,13-18,20-21H2,(H2,32,37)(H,33,34). The summed E-state index contributed by atoms with van der Waals surface area (Å²) in [6, 6.07) is 23.1. The summed E-state index contributed by atoms with van der Waals surface area (Å²) in [7, 11) is 0. The van der Waals surface area contributed by atoms with E-state index in [2.05, 4.69) is 33.0 Å². The van der Waals surface area contributed by atoms with E-state index in [1.165, 1.54) is 17.7 Å². The van der Waals surface area contributed by atoms with Crippen LogP contribution in [0.25, 0.3) is 11.0 Å². The van der Waals surface area contributed by atoms with Gasteiger partial charge in [-0.15, -0.1) is 0 Å². The van der Waals surface area contributed by atoms with E-state index >= 15 is 0 Å². The number of anilines is 1. The molecule has 37 heavy (non-hydrogen) atoms. The molecule has 0 atom stereocenters. The SMILES string of the molecule is NC(=O)Cc1cccc(C2CCN(CCCNc3nc4ccccc4n3Cc3ccc(F)cc3)CC2)c1. The maximum Gasteiger partial charge on any atom is 0.221 e. The maximum absolute atomic E-state index is 13.4. The number of primary amides is 1. The summed E-state index contributed by atoms with van der Waals surface area (Å²) in [5.41, 5.74) is 10.7. The molecule has 0 unspecified atom stereocenters. The van der Waals surface area contributed by atoms with Crippen LogP contribution >= 0.6 is 0 Å². The van der Waals surface area contributed by atoms with Gasteiger partial charge in [-0.05, 0) is 85.8 Å². The maximum atomic E-state index is 13.4. The normalized spacial score (nSPS) is 14.7. The Kier molecular flexibility index (Phi) is 7.80. The van der Waals surface area contributed by atoms with E-state index in [0.717, 1.165) is 73.6 Å². The summed E-state index contributed by atoms with van der Waals surface area (Å²) >= 11 is 0. The fourth-order valence-electron chi connectivity index (χ4n) is 5.29. The van der Waals surface area contributed by atoms with Crippen molar-refractivity contribution in [3.8, 4) is 0 Å². The van der Waals surface area contributed by atoms with Crippen LogP contribution < -0.4 is 11.1 Å². The largest absolute Gasteiger partial charge is 0.369 e. The molecule has 1 aliphatic heterocycles. The molecule has 2 heterocycles. The number of piperidine rings is 1. The lowest BCUT2D eigenvalue weighted by atomic mass is 9.88. The van der Waals surface area contributed by atoms with E-state index in [9.17, 15) is 9.18 Å². The molecule has 5 rings (SSSR count). The Hall–Kier alpha value is -3.71. The van der Waals surface area contributed by atoms with E-state index in [-0.39, 0.29) is 11.7 Å². The predicted molar refractivity (Wildman–Crippen MR) is 146 cm³/mol. The number of benzene rings is 3. The molecule has 0 saturated carbocycles. The number of fused-ring (bicyclic) bond motifs is 1. The minimum atomic E-state index is -0.286. The average Bonchev–Trinajstić information content (AvgIpc) is 3.25. The third-order valence-electron chi connectivity index (χ3n) is 7.23. The zero-order valence-corrected chi connectivity index (χ0v) is 21.1. The third kappa shape index (κ3) is 6.35. The first kappa shape index (κ1) is 25.0. The highest BCUT2D eigenvalue weighted by Crippen LogP contribution is 2.29. The molecule has 4 aromatic rings. The molecule has 1 saturated heterocycles. The number of nitrogens with two attached hydrogens (primary N) is 1. The van der Waals surface area contributed by atoms with Gasteiger partial charge < -0.3 is 20.5 Å². The smallest absolute Gasteiger partial charge is 0.221 e. The molecule has 1 aliphatic rings. The zero-order chi connectivity index (χ0) is 25.6.